The van der Waals surface area contributed by atoms with Gasteiger partial charge in [0.2, 0.25) is 5.91 Å². The number of nitrogen functional groups attached to an aromatic ring is 1. The minimum Gasteiger partial charge on any atom is -0.398 e. The predicted molar refractivity (Wildman–Crippen MR) is 85.2 cm³/mol. The van der Waals surface area contributed by atoms with E-state index in [1.54, 1.807) is 25.1 Å². The van der Waals surface area contributed by atoms with Gasteiger partial charge in [-0.2, -0.15) is 0 Å². The van der Waals surface area contributed by atoms with Crippen LogP contribution in [0.25, 0.3) is 0 Å². The first-order valence-electron chi connectivity index (χ1n) is 7.14. The molecular formula is C16H25N3O2. The summed E-state index contributed by atoms with van der Waals surface area (Å²) in [6, 6.07) is 3.61. The molecule has 0 bridgehead atoms. The summed E-state index contributed by atoms with van der Waals surface area (Å²) in [7, 11) is 3.37. The van der Waals surface area contributed by atoms with E-state index in [-0.39, 0.29) is 18.4 Å². The van der Waals surface area contributed by atoms with Gasteiger partial charge in [0.25, 0.3) is 5.91 Å². The molecule has 0 atom stereocenters. The Hall–Kier alpha value is -2.04. The van der Waals surface area contributed by atoms with Gasteiger partial charge >= 0.3 is 0 Å². The third kappa shape index (κ3) is 4.21. The lowest BCUT2D eigenvalue weighted by Crippen LogP contribution is -2.41. The van der Waals surface area contributed by atoms with E-state index in [4.69, 9.17) is 5.73 Å². The average molecular weight is 291 g/mol. The summed E-state index contributed by atoms with van der Waals surface area (Å²) in [6.45, 7) is 6.42. The number of benzene rings is 1. The summed E-state index contributed by atoms with van der Waals surface area (Å²) in [5.74, 6) is -0.231. The lowest BCUT2D eigenvalue weighted by molar-refractivity contribution is -0.129. The van der Waals surface area contributed by atoms with Crippen LogP contribution in [0, 0.1) is 13.8 Å². The quantitative estimate of drug-likeness (QED) is 0.842. The van der Waals surface area contributed by atoms with Crippen molar-refractivity contribution in [3.8, 4) is 0 Å². The molecule has 0 saturated heterocycles. The minimum absolute atomic E-state index is 0.0884. The number of carbonyl (C=O) groups excluding carboxylic acids is 2. The first kappa shape index (κ1) is 17.0. The molecule has 0 spiro atoms. The Morgan fingerprint density at radius 2 is 1.76 bits per heavy atom. The summed E-state index contributed by atoms with van der Waals surface area (Å²) >= 11 is 0. The minimum atomic E-state index is -0.142. The van der Waals surface area contributed by atoms with Gasteiger partial charge in [0, 0.05) is 31.9 Å². The third-order valence-corrected chi connectivity index (χ3v) is 3.45. The van der Waals surface area contributed by atoms with E-state index >= 15 is 0 Å². The first-order valence-corrected chi connectivity index (χ1v) is 7.14. The molecule has 5 nitrogen and oxygen atoms in total. The molecule has 1 aromatic rings. The van der Waals surface area contributed by atoms with Gasteiger partial charge in [0.1, 0.15) is 6.54 Å². The highest BCUT2D eigenvalue weighted by Crippen LogP contribution is 2.19. The van der Waals surface area contributed by atoms with E-state index < -0.39 is 0 Å². The molecule has 0 unspecified atom stereocenters. The van der Waals surface area contributed by atoms with Crippen LogP contribution in [-0.2, 0) is 4.79 Å². The normalized spacial score (nSPS) is 10.3. The molecule has 116 valence electrons. The zero-order chi connectivity index (χ0) is 16.2. The fourth-order valence-electron chi connectivity index (χ4n) is 2.10. The molecule has 1 rings (SSSR count). The zero-order valence-electron chi connectivity index (χ0n) is 13.6. The summed E-state index contributed by atoms with van der Waals surface area (Å²) < 4.78 is 0. The second-order valence-electron chi connectivity index (χ2n) is 5.54. The Bertz CT molecular complexity index is 539. The molecule has 0 saturated carbocycles. The highest BCUT2D eigenvalue weighted by Gasteiger charge is 2.21. The van der Waals surface area contributed by atoms with Crippen LogP contribution in [0.1, 0.15) is 34.8 Å². The molecule has 0 fully saturated rings. The summed E-state index contributed by atoms with van der Waals surface area (Å²) in [5.41, 5.74) is 8.90. The van der Waals surface area contributed by atoms with Crippen LogP contribution in [0.2, 0.25) is 0 Å². The van der Waals surface area contributed by atoms with Gasteiger partial charge in [-0.3, -0.25) is 9.59 Å². The van der Waals surface area contributed by atoms with Crippen molar-refractivity contribution in [2.24, 2.45) is 0 Å². The Morgan fingerprint density at radius 1 is 1.14 bits per heavy atom. The second kappa shape index (κ2) is 7.11. The second-order valence-corrected chi connectivity index (χ2v) is 5.54. The Labute approximate surface area is 126 Å². The molecule has 0 aliphatic carbocycles. The van der Waals surface area contributed by atoms with Crippen LogP contribution in [0.3, 0.4) is 0 Å². The maximum absolute atomic E-state index is 12.7. The van der Waals surface area contributed by atoms with Crippen LogP contribution >= 0.6 is 0 Å². The van der Waals surface area contributed by atoms with Crippen molar-refractivity contribution in [1.29, 1.82) is 0 Å². The maximum Gasteiger partial charge on any atom is 0.254 e. The van der Waals surface area contributed by atoms with Crippen molar-refractivity contribution >= 4 is 17.5 Å². The van der Waals surface area contributed by atoms with Crippen molar-refractivity contribution in [3.05, 3.63) is 28.8 Å². The predicted octanol–water partition coefficient (Wildman–Crippen LogP) is 1.83. The number of hydrogen-bond donors (Lipinski definition) is 1. The van der Waals surface area contributed by atoms with Crippen molar-refractivity contribution < 1.29 is 9.59 Å². The molecule has 0 heterocycles. The highest BCUT2D eigenvalue weighted by molar-refractivity contribution is 5.98. The number of aryl methyl sites for hydroxylation is 2. The number of likely N-dealkylation sites (N-methyl/N-ethyl adjacent to an activating group) is 1. The van der Waals surface area contributed by atoms with E-state index in [1.807, 2.05) is 26.8 Å². The van der Waals surface area contributed by atoms with Crippen LogP contribution in [-0.4, -0.2) is 48.8 Å². The van der Waals surface area contributed by atoms with Gasteiger partial charge in [-0.25, -0.2) is 0 Å². The fourth-order valence-corrected chi connectivity index (χ4v) is 2.10. The van der Waals surface area contributed by atoms with Gasteiger partial charge < -0.3 is 15.5 Å². The van der Waals surface area contributed by atoms with Crippen molar-refractivity contribution in [2.75, 3.05) is 32.9 Å². The number of nitrogens with two attached hydrogens (primary N) is 1. The monoisotopic (exact) mass is 291 g/mol. The average Bonchev–Trinajstić information content (AvgIpc) is 2.41. The van der Waals surface area contributed by atoms with Crippen LogP contribution in [0.15, 0.2) is 12.1 Å². The lowest BCUT2D eigenvalue weighted by atomic mass is 10.0. The molecule has 21 heavy (non-hydrogen) atoms. The molecule has 1 aromatic carbocycles. The van der Waals surface area contributed by atoms with Gasteiger partial charge in [-0.1, -0.05) is 13.0 Å². The van der Waals surface area contributed by atoms with E-state index in [9.17, 15) is 9.59 Å². The molecular weight excluding hydrogens is 266 g/mol. The van der Waals surface area contributed by atoms with Gasteiger partial charge in [0.05, 0.1) is 0 Å². The molecule has 2 amide bonds. The maximum atomic E-state index is 12.7. The van der Waals surface area contributed by atoms with Crippen LogP contribution in [0.5, 0.6) is 0 Å². The number of anilines is 1. The Kier molecular flexibility index (Phi) is 5.76. The van der Waals surface area contributed by atoms with Crippen LogP contribution < -0.4 is 5.73 Å². The fraction of sp³-hybridized carbons (Fsp3) is 0.500. The molecule has 0 radical (unpaired) electrons. The van der Waals surface area contributed by atoms with Crippen LogP contribution in [0.4, 0.5) is 5.69 Å². The summed E-state index contributed by atoms with van der Waals surface area (Å²) in [4.78, 5) is 27.6. The number of nitrogens with zero attached hydrogens (tertiary/aromatic N) is 2. The summed E-state index contributed by atoms with van der Waals surface area (Å²) in [6.07, 6.45) is 0.798. The molecule has 0 aliphatic heterocycles. The smallest absolute Gasteiger partial charge is 0.254 e. The highest BCUT2D eigenvalue weighted by atomic mass is 16.2. The third-order valence-electron chi connectivity index (χ3n) is 3.45. The van der Waals surface area contributed by atoms with Gasteiger partial charge in [0.15, 0.2) is 0 Å². The largest absolute Gasteiger partial charge is 0.398 e. The van der Waals surface area contributed by atoms with Gasteiger partial charge in [-0.05, 0) is 37.5 Å². The SMILES string of the molecule is CCCN(CC(=O)N(C)C)C(=O)c1cc(N)c(C)cc1C. The molecule has 0 aromatic heterocycles. The Balaban J connectivity index is 3.06. The van der Waals surface area contributed by atoms with Crippen molar-refractivity contribution in [3.63, 3.8) is 0 Å². The van der Waals surface area contributed by atoms with Crippen molar-refractivity contribution in [1.82, 2.24) is 9.80 Å². The standard InChI is InChI=1S/C16H25N3O2/c1-6-7-19(10-15(20)18(4)5)16(21)13-9-14(17)12(3)8-11(13)2/h8-9H,6-7,10,17H2,1-5H3. The number of hydrogen-bond acceptors (Lipinski definition) is 3. The number of amides is 2. The molecule has 5 heteroatoms. The first-order chi connectivity index (χ1) is 9.77. The summed E-state index contributed by atoms with van der Waals surface area (Å²) in [5, 5.41) is 0. The van der Waals surface area contributed by atoms with E-state index in [2.05, 4.69) is 0 Å². The van der Waals surface area contributed by atoms with Crippen molar-refractivity contribution in [2.45, 2.75) is 27.2 Å². The number of rotatable bonds is 5. The van der Waals surface area contributed by atoms with E-state index in [0.717, 1.165) is 17.5 Å². The Morgan fingerprint density at radius 3 is 2.29 bits per heavy atom. The zero-order valence-corrected chi connectivity index (χ0v) is 13.6. The topological polar surface area (TPSA) is 66.6 Å². The van der Waals surface area contributed by atoms with E-state index in [1.165, 1.54) is 4.90 Å². The van der Waals surface area contributed by atoms with Gasteiger partial charge in [-0.15, -0.1) is 0 Å². The number of carbonyl (C=O) groups is 2. The van der Waals surface area contributed by atoms with E-state index in [0.29, 0.717) is 17.8 Å². The molecule has 2 N–H and O–H groups in total. The lowest BCUT2D eigenvalue weighted by Gasteiger charge is -2.24. The molecule has 0 aliphatic rings.